The summed E-state index contributed by atoms with van der Waals surface area (Å²) < 4.78 is 13.5. The predicted molar refractivity (Wildman–Crippen MR) is 68.8 cm³/mol. The number of benzene rings is 1. The van der Waals surface area contributed by atoms with Crippen LogP contribution in [0, 0.1) is 5.82 Å². The van der Waals surface area contributed by atoms with Gasteiger partial charge >= 0.3 is 0 Å². The van der Waals surface area contributed by atoms with E-state index in [2.05, 4.69) is 5.32 Å². The molecule has 0 aliphatic carbocycles. The zero-order chi connectivity index (χ0) is 13.0. The molecule has 1 aliphatic rings. The van der Waals surface area contributed by atoms with Gasteiger partial charge in [0.25, 0.3) is 0 Å². The van der Waals surface area contributed by atoms with E-state index in [0.717, 1.165) is 25.9 Å². The fraction of sp³-hybridized carbons (Fsp3) is 0.500. The molecule has 0 aromatic heterocycles. The molecule has 1 saturated heterocycles. The predicted octanol–water partition coefficient (Wildman–Crippen LogP) is 1.58. The number of amides is 1. The molecule has 3 nitrogen and oxygen atoms in total. The number of carbonyl (C=O) groups is 1. The zero-order valence-electron chi connectivity index (χ0n) is 10.7. The molecule has 0 radical (unpaired) electrons. The lowest BCUT2D eigenvalue weighted by molar-refractivity contribution is -0.131. The smallest absolute Gasteiger partial charge is 0.227 e. The van der Waals surface area contributed by atoms with E-state index < -0.39 is 0 Å². The standard InChI is InChI=1S/C14H19FN2O/c1-16-12-6-4-8-17(10-12)14(18)9-11-5-2-3-7-13(11)15/h2-3,5,7,12,16H,4,6,8-10H2,1H3. The van der Waals surface area contributed by atoms with Crippen molar-refractivity contribution in [2.75, 3.05) is 20.1 Å². The lowest BCUT2D eigenvalue weighted by atomic mass is 10.0. The molecule has 1 aliphatic heterocycles. The first-order valence-electron chi connectivity index (χ1n) is 6.39. The van der Waals surface area contributed by atoms with Crippen LogP contribution >= 0.6 is 0 Å². The van der Waals surface area contributed by atoms with Gasteiger partial charge in [0.05, 0.1) is 6.42 Å². The van der Waals surface area contributed by atoms with Gasteiger partial charge in [-0.25, -0.2) is 4.39 Å². The number of hydrogen-bond donors (Lipinski definition) is 1. The van der Waals surface area contributed by atoms with E-state index in [1.807, 2.05) is 11.9 Å². The number of likely N-dealkylation sites (tertiary alicyclic amines) is 1. The molecule has 4 heteroatoms. The maximum Gasteiger partial charge on any atom is 0.227 e. The second-order valence-corrected chi connectivity index (χ2v) is 4.74. The summed E-state index contributed by atoms with van der Waals surface area (Å²) in [6, 6.07) is 6.84. The molecule has 2 rings (SSSR count). The summed E-state index contributed by atoms with van der Waals surface area (Å²) in [4.78, 5) is 13.9. The highest BCUT2D eigenvalue weighted by Crippen LogP contribution is 2.13. The first-order valence-corrected chi connectivity index (χ1v) is 6.39. The van der Waals surface area contributed by atoms with Gasteiger partial charge in [-0.1, -0.05) is 18.2 Å². The summed E-state index contributed by atoms with van der Waals surface area (Å²) >= 11 is 0. The minimum absolute atomic E-state index is 0.0139. The van der Waals surface area contributed by atoms with Crippen LogP contribution < -0.4 is 5.32 Å². The molecule has 0 spiro atoms. The largest absolute Gasteiger partial charge is 0.341 e. The first kappa shape index (κ1) is 13.0. The van der Waals surface area contributed by atoms with Crippen LogP contribution in [0.4, 0.5) is 4.39 Å². The van der Waals surface area contributed by atoms with Crippen molar-refractivity contribution >= 4 is 5.91 Å². The second kappa shape index (κ2) is 5.96. The Kier molecular flexibility index (Phi) is 4.31. The Morgan fingerprint density at radius 1 is 1.50 bits per heavy atom. The zero-order valence-corrected chi connectivity index (χ0v) is 10.7. The van der Waals surface area contributed by atoms with Gasteiger partial charge in [-0.05, 0) is 31.5 Å². The van der Waals surface area contributed by atoms with E-state index in [1.54, 1.807) is 18.2 Å². The van der Waals surface area contributed by atoms with E-state index in [9.17, 15) is 9.18 Å². The number of carbonyl (C=O) groups excluding carboxylic acids is 1. The van der Waals surface area contributed by atoms with Crippen LogP contribution in [0.3, 0.4) is 0 Å². The summed E-state index contributed by atoms with van der Waals surface area (Å²) in [6.07, 6.45) is 2.26. The van der Waals surface area contributed by atoms with Crippen LogP contribution in [0.15, 0.2) is 24.3 Å². The highest BCUT2D eigenvalue weighted by atomic mass is 19.1. The van der Waals surface area contributed by atoms with Gasteiger partial charge in [0.15, 0.2) is 0 Å². The molecular weight excluding hydrogens is 231 g/mol. The summed E-state index contributed by atoms with van der Waals surface area (Å²) in [6.45, 7) is 1.51. The quantitative estimate of drug-likeness (QED) is 0.883. The molecule has 1 N–H and O–H groups in total. The van der Waals surface area contributed by atoms with Gasteiger partial charge in [0.2, 0.25) is 5.91 Å². The number of nitrogens with zero attached hydrogens (tertiary/aromatic N) is 1. The molecule has 0 saturated carbocycles. The number of halogens is 1. The van der Waals surface area contributed by atoms with Crippen LogP contribution in [0.1, 0.15) is 18.4 Å². The van der Waals surface area contributed by atoms with Gasteiger partial charge in [0, 0.05) is 19.1 Å². The van der Waals surface area contributed by atoms with Crippen LogP contribution in [-0.4, -0.2) is 37.0 Å². The second-order valence-electron chi connectivity index (χ2n) is 4.74. The fourth-order valence-electron chi connectivity index (χ4n) is 2.36. The van der Waals surface area contributed by atoms with E-state index in [1.165, 1.54) is 6.07 Å². The molecule has 18 heavy (non-hydrogen) atoms. The molecule has 1 atom stereocenters. The van der Waals surface area contributed by atoms with Gasteiger partial charge in [-0.3, -0.25) is 4.79 Å². The summed E-state index contributed by atoms with van der Waals surface area (Å²) in [5.41, 5.74) is 0.481. The third-order valence-electron chi connectivity index (χ3n) is 3.48. The van der Waals surface area contributed by atoms with Crippen molar-refractivity contribution in [1.29, 1.82) is 0 Å². The van der Waals surface area contributed by atoms with Crippen LogP contribution in [0.2, 0.25) is 0 Å². The highest BCUT2D eigenvalue weighted by molar-refractivity contribution is 5.79. The number of likely N-dealkylation sites (N-methyl/N-ethyl adjacent to an activating group) is 1. The molecular formula is C14H19FN2O. The van der Waals surface area contributed by atoms with Crippen molar-refractivity contribution in [3.63, 3.8) is 0 Å². The molecule has 0 bridgehead atoms. The minimum Gasteiger partial charge on any atom is -0.341 e. The van der Waals surface area contributed by atoms with E-state index in [0.29, 0.717) is 11.6 Å². The van der Waals surface area contributed by atoms with Gasteiger partial charge in [-0.2, -0.15) is 0 Å². The number of piperidine rings is 1. The molecule has 1 heterocycles. The van der Waals surface area contributed by atoms with Crippen molar-refractivity contribution in [3.8, 4) is 0 Å². The Bertz CT molecular complexity index is 422. The molecule has 1 unspecified atom stereocenters. The third-order valence-corrected chi connectivity index (χ3v) is 3.48. The molecule has 1 fully saturated rings. The van der Waals surface area contributed by atoms with Crippen molar-refractivity contribution in [1.82, 2.24) is 10.2 Å². The molecule has 98 valence electrons. The van der Waals surface area contributed by atoms with Gasteiger partial charge < -0.3 is 10.2 Å². The summed E-state index contributed by atoms with van der Waals surface area (Å²) in [5.74, 6) is -0.284. The van der Waals surface area contributed by atoms with Crippen molar-refractivity contribution in [2.45, 2.75) is 25.3 Å². The SMILES string of the molecule is CNC1CCCN(C(=O)Cc2ccccc2F)C1. The highest BCUT2D eigenvalue weighted by Gasteiger charge is 2.22. The van der Waals surface area contributed by atoms with E-state index in [-0.39, 0.29) is 18.1 Å². The maximum atomic E-state index is 13.5. The minimum atomic E-state index is -0.298. The van der Waals surface area contributed by atoms with Crippen LogP contribution in [-0.2, 0) is 11.2 Å². The van der Waals surface area contributed by atoms with Crippen LogP contribution in [0.5, 0.6) is 0 Å². The Morgan fingerprint density at radius 3 is 3.00 bits per heavy atom. The normalized spacial score (nSPS) is 19.9. The van der Waals surface area contributed by atoms with Gasteiger partial charge in [-0.15, -0.1) is 0 Å². The van der Waals surface area contributed by atoms with E-state index >= 15 is 0 Å². The maximum absolute atomic E-state index is 13.5. The van der Waals surface area contributed by atoms with Crippen molar-refractivity contribution in [2.24, 2.45) is 0 Å². The van der Waals surface area contributed by atoms with Crippen LogP contribution in [0.25, 0.3) is 0 Å². The fourth-order valence-corrected chi connectivity index (χ4v) is 2.36. The van der Waals surface area contributed by atoms with Gasteiger partial charge in [0.1, 0.15) is 5.82 Å². The number of hydrogen-bond acceptors (Lipinski definition) is 2. The first-order chi connectivity index (χ1) is 8.70. The average Bonchev–Trinajstić information content (AvgIpc) is 2.41. The molecule has 1 aromatic rings. The average molecular weight is 250 g/mol. The Balaban J connectivity index is 1.97. The summed E-state index contributed by atoms with van der Waals surface area (Å²) in [5, 5.41) is 3.20. The third kappa shape index (κ3) is 3.07. The lowest BCUT2D eigenvalue weighted by Gasteiger charge is -2.32. The molecule has 1 amide bonds. The van der Waals surface area contributed by atoms with Crippen molar-refractivity contribution < 1.29 is 9.18 Å². The van der Waals surface area contributed by atoms with E-state index in [4.69, 9.17) is 0 Å². The Labute approximate surface area is 107 Å². The topological polar surface area (TPSA) is 32.3 Å². The number of rotatable bonds is 3. The lowest BCUT2D eigenvalue weighted by Crippen LogP contribution is -2.47. The summed E-state index contributed by atoms with van der Waals surface area (Å²) in [7, 11) is 1.91. The molecule has 1 aromatic carbocycles. The van der Waals surface area contributed by atoms with Crippen molar-refractivity contribution in [3.05, 3.63) is 35.6 Å². The monoisotopic (exact) mass is 250 g/mol. The Hall–Kier alpha value is -1.42. The Morgan fingerprint density at radius 2 is 2.28 bits per heavy atom. The number of nitrogens with one attached hydrogen (secondary N) is 1.